The van der Waals surface area contributed by atoms with E-state index in [0.29, 0.717) is 43.8 Å². The van der Waals surface area contributed by atoms with Gasteiger partial charge in [-0.1, -0.05) is 23.4 Å². The summed E-state index contributed by atoms with van der Waals surface area (Å²) in [7, 11) is 1.73. The number of rotatable bonds is 7. The van der Waals surface area contributed by atoms with Crippen LogP contribution >= 0.6 is 24.0 Å². The van der Waals surface area contributed by atoms with Gasteiger partial charge in [0.25, 0.3) is 0 Å². The number of nitrogens with zero attached hydrogens (tertiary/aromatic N) is 3. The van der Waals surface area contributed by atoms with Gasteiger partial charge in [0.05, 0.1) is 6.54 Å². The van der Waals surface area contributed by atoms with Gasteiger partial charge in [-0.2, -0.15) is 4.98 Å². The first-order chi connectivity index (χ1) is 10.8. The molecule has 0 unspecified atom stereocenters. The molecule has 1 heterocycles. The molecule has 7 nitrogen and oxygen atoms in total. The average molecular weight is 431 g/mol. The first-order valence-electron chi connectivity index (χ1n) is 7.19. The molecule has 0 saturated heterocycles. The van der Waals surface area contributed by atoms with Crippen LogP contribution in [0.5, 0.6) is 5.75 Å². The second-order valence-electron chi connectivity index (χ2n) is 4.57. The van der Waals surface area contributed by atoms with E-state index in [2.05, 4.69) is 25.8 Å². The Morgan fingerprint density at radius 2 is 1.96 bits per heavy atom. The van der Waals surface area contributed by atoms with Gasteiger partial charge < -0.3 is 19.9 Å². The van der Waals surface area contributed by atoms with Gasteiger partial charge in [0.1, 0.15) is 12.4 Å². The van der Waals surface area contributed by atoms with Crippen molar-refractivity contribution in [2.45, 2.75) is 13.3 Å². The van der Waals surface area contributed by atoms with Gasteiger partial charge >= 0.3 is 0 Å². The van der Waals surface area contributed by atoms with Crippen molar-refractivity contribution in [3.63, 3.8) is 0 Å². The van der Waals surface area contributed by atoms with Crippen molar-refractivity contribution >= 4 is 29.9 Å². The molecule has 23 heavy (non-hydrogen) atoms. The highest BCUT2D eigenvalue weighted by Gasteiger charge is 2.03. The molecule has 0 aliphatic carbocycles. The summed E-state index contributed by atoms with van der Waals surface area (Å²) in [6, 6.07) is 9.71. The quantitative estimate of drug-likeness (QED) is 0.301. The summed E-state index contributed by atoms with van der Waals surface area (Å²) in [5, 5.41) is 10.1. The van der Waals surface area contributed by atoms with Crippen LogP contribution in [0, 0.1) is 6.92 Å². The van der Waals surface area contributed by atoms with Gasteiger partial charge in [-0.25, -0.2) is 0 Å². The van der Waals surface area contributed by atoms with E-state index in [0.717, 1.165) is 5.75 Å². The zero-order valence-electron chi connectivity index (χ0n) is 13.3. The van der Waals surface area contributed by atoms with Crippen molar-refractivity contribution in [2.75, 3.05) is 26.7 Å². The Balaban J connectivity index is 0.00000264. The fraction of sp³-hybridized carbons (Fsp3) is 0.400. The number of guanidine groups is 1. The number of aryl methyl sites for hydroxylation is 1. The average Bonchev–Trinajstić information content (AvgIpc) is 2.96. The number of ether oxygens (including phenoxy) is 1. The number of aromatic nitrogens is 2. The molecule has 8 heteroatoms. The molecular weight excluding hydrogens is 409 g/mol. The van der Waals surface area contributed by atoms with E-state index in [9.17, 15) is 0 Å². The van der Waals surface area contributed by atoms with Crippen LogP contribution in [-0.2, 0) is 6.42 Å². The van der Waals surface area contributed by atoms with Crippen LogP contribution in [0.3, 0.4) is 0 Å². The number of benzene rings is 1. The summed E-state index contributed by atoms with van der Waals surface area (Å²) in [6.45, 7) is 3.69. The van der Waals surface area contributed by atoms with Crippen molar-refractivity contribution in [3.8, 4) is 5.75 Å². The number of halogens is 1. The number of aliphatic imine (C=N–C) groups is 1. The van der Waals surface area contributed by atoms with E-state index in [1.165, 1.54) is 0 Å². The molecule has 0 aliphatic rings. The highest BCUT2D eigenvalue weighted by Crippen LogP contribution is 2.07. The fourth-order valence-corrected chi connectivity index (χ4v) is 1.81. The molecule has 0 radical (unpaired) electrons. The van der Waals surface area contributed by atoms with Crippen molar-refractivity contribution in [3.05, 3.63) is 42.0 Å². The van der Waals surface area contributed by atoms with E-state index >= 15 is 0 Å². The first-order valence-corrected chi connectivity index (χ1v) is 7.19. The smallest absolute Gasteiger partial charge is 0.228 e. The molecule has 0 spiro atoms. The maximum absolute atomic E-state index is 5.60. The lowest BCUT2D eigenvalue weighted by Gasteiger charge is -2.11. The Kier molecular flexibility index (Phi) is 9.03. The third-order valence-electron chi connectivity index (χ3n) is 2.83. The summed E-state index contributed by atoms with van der Waals surface area (Å²) in [6.07, 6.45) is 0.655. The van der Waals surface area contributed by atoms with Crippen molar-refractivity contribution in [2.24, 2.45) is 4.99 Å². The highest BCUT2D eigenvalue weighted by atomic mass is 127. The van der Waals surface area contributed by atoms with Gasteiger partial charge in [0.2, 0.25) is 5.89 Å². The summed E-state index contributed by atoms with van der Waals surface area (Å²) < 4.78 is 10.6. The van der Waals surface area contributed by atoms with E-state index in [4.69, 9.17) is 9.26 Å². The summed E-state index contributed by atoms with van der Waals surface area (Å²) >= 11 is 0. The van der Waals surface area contributed by atoms with E-state index < -0.39 is 0 Å². The fourth-order valence-electron chi connectivity index (χ4n) is 1.81. The minimum atomic E-state index is 0. The Labute approximate surface area is 152 Å². The van der Waals surface area contributed by atoms with Gasteiger partial charge in [-0.15, -0.1) is 24.0 Å². The lowest BCUT2D eigenvalue weighted by Crippen LogP contribution is -2.40. The van der Waals surface area contributed by atoms with E-state index in [-0.39, 0.29) is 24.0 Å². The number of hydrogen-bond acceptors (Lipinski definition) is 5. The monoisotopic (exact) mass is 431 g/mol. The van der Waals surface area contributed by atoms with Gasteiger partial charge in [-0.05, 0) is 19.1 Å². The molecule has 126 valence electrons. The molecule has 1 aromatic carbocycles. The minimum Gasteiger partial charge on any atom is -0.492 e. The third kappa shape index (κ3) is 7.31. The number of para-hydroxylation sites is 1. The molecule has 0 amide bonds. The molecule has 0 bridgehead atoms. The summed E-state index contributed by atoms with van der Waals surface area (Å²) in [4.78, 5) is 8.29. The van der Waals surface area contributed by atoms with Crippen LogP contribution in [0.1, 0.15) is 11.7 Å². The second-order valence-corrected chi connectivity index (χ2v) is 4.57. The Morgan fingerprint density at radius 1 is 1.22 bits per heavy atom. The Hall–Kier alpha value is -1.84. The molecular formula is C15H22IN5O2. The van der Waals surface area contributed by atoms with Crippen molar-refractivity contribution in [1.82, 2.24) is 20.8 Å². The van der Waals surface area contributed by atoms with E-state index in [1.807, 2.05) is 30.3 Å². The van der Waals surface area contributed by atoms with Crippen LogP contribution in [-0.4, -0.2) is 42.8 Å². The Bertz CT molecular complexity index is 589. The second kappa shape index (κ2) is 10.8. The summed E-state index contributed by atoms with van der Waals surface area (Å²) in [5.41, 5.74) is 0. The van der Waals surface area contributed by atoms with Crippen molar-refractivity contribution in [1.29, 1.82) is 0 Å². The van der Waals surface area contributed by atoms with E-state index in [1.54, 1.807) is 14.0 Å². The maximum atomic E-state index is 5.60. The van der Waals surface area contributed by atoms with Gasteiger partial charge in [-0.3, -0.25) is 4.99 Å². The maximum Gasteiger partial charge on any atom is 0.228 e. The molecule has 0 aliphatic heterocycles. The topological polar surface area (TPSA) is 84.6 Å². The van der Waals surface area contributed by atoms with Crippen LogP contribution < -0.4 is 15.4 Å². The lowest BCUT2D eigenvalue weighted by atomic mass is 10.3. The number of nitrogens with one attached hydrogen (secondary N) is 2. The van der Waals surface area contributed by atoms with Crippen LogP contribution in [0.4, 0.5) is 0 Å². The zero-order chi connectivity index (χ0) is 15.6. The largest absolute Gasteiger partial charge is 0.492 e. The summed E-state index contributed by atoms with van der Waals surface area (Å²) in [5.74, 6) is 2.84. The highest BCUT2D eigenvalue weighted by molar-refractivity contribution is 14.0. The predicted molar refractivity (Wildman–Crippen MR) is 99.5 cm³/mol. The minimum absolute atomic E-state index is 0. The standard InChI is InChI=1S/C15H21N5O2.HI/c1-12-19-14(22-20-12)8-9-17-15(16-2)18-10-11-21-13-6-4-3-5-7-13;/h3-7H,8-11H2,1-2H3,(H2,16,17,18);1H. The molecule has 0 atom stereocenters. The third-order valence-corrected chi connectivity index (χ3v) is 2.83. The van der Waals surface area contributed by atoms with Crippen molar-refractivity contribution < 1.29 is 9.26 Å². The lowest BCUT2D eigenvalue weighted by molar-refractivity contribution is 0.322. The molecule has 0 fully saturated rings. The molecule has 2 N–H and O–H groups in total. The molecule has 2 rings (SSSR count). The van der Waals surface area contributed by atoms with Gasteiger partial charge in [0.15, 0.2) is 11.8 Å². The Morgan fingerprint density at radius 3 is 2.61 bits per heavy atom. The van der Waals surface area contributed by atoms with Crippen LogP contribution in [0.15, 0.2) is 39.8 Å². The molecule has 2 aromatic rings. The predicted octanol–water partition coefficient (Wildman–Crippen LogP) is 1.78. The number of hydrogen-bond donors (Lipinski definition) is 2. The first kappa shape index (κ1) is 19.2. The normalized spacial score (nSPS) is 10.8. The molecule has 1 aromatic heterocycles. The van der Waals surface area contributed by atoms with Crippen LogP contribution in [0.25, 0.3) is 0 Å². The zero-order valence-corrected chi connectivity index (χ0v) is 15.6. The van der Waals surface area contributed by atoms with Crippen LogP contribution in [0.2, 0.25) is 0 Å². The SMILES string of the molecule is CN=C(NCCOc1ccccc1)NCCc1nc(C)no1.I. The van der Waals surface area contributed by atoms with Gasteiger partial charge in [0, 0.05) is 20.0 Å². The molecule has 0 saturated carbocycles.